The van der Waals surface area contributed by atoms with E-state index in [-0.39, 0.29) is 44.0 Å². The molecule has 3 aliphatic rings. The lowest BCUT2D eigenvalue weighted by Gasteiger charge is -2.55. The Kier molecular flexibility index (Phi) is 8.37. The summed E-state index contributed by atoms with van der Waals surface area (Å²) < 4.78 is 39.2. The molecule has 3 aromatic rings. The molecular formula is C30H33N5O8S. The van der Waals surface area contributed by atoms with Crippen molar-refractivity contribution in [1.82, 2.24) is 20.4 Å². The third kappa shape index (κ3) is 6.18. The fourth-order valence-electron chi connectivity index (χ4n) is 5.86. The van der Waals surface area contributed by atoms with E-state index in [1.54, 1.807) is 18.2 Å². The van der Waals surface area contributed by atoms with Crippen molar-refractivity contribution in [2.75, 3.05) is 19.8 Å². The number of hydroxylamine groups is 2. The minimum absolute atomic E-state index is 0.0130. The Morgan fingerprint density at radius 2 is 1.82 bits per heavy atom. The van der Waals surface area contributed by atoms with Gasteiger partial charge >= 0.3 is 5.97 Å². The van der Waals surface area contributed by atoms with Crippen molar-refractivity contribution >= 4 is 38.6 Å². The highest BCUT2D eigenvalue weighted by atomic mass is 32.2. The summed E-state index contributed by atoms with van der Waals surface area (Å²) in [6.45, 7) is -0.355. The Balaban J connectivity index is 1.18. The Morgan fingerprint density at radius 3 is 2.61 bits per heavy atom. The molecule has 0 aromatic heterocycles. The Hall–Kier alpha value is -3.92. The second-order valence-corrected chi connectivity index (χ2v) is 12.9. The van der Waals surface area contributed by atoms with Crippen molar-refractivity contribution in [2.45, 2.75) is 49.3 Å². The summed E-state index contributed by atoms with van der Waals surface area (Å²) in [5.41, 5.74) is 0.860. The molecule has 232 valence electrons. The molecule has 3 fully saturated rings. The van der Waals surface area contributed by atoms with Gasteiger partial charge in [-0.25, -0.2) is 13.2 Å². The van der Waals surface area contributed by atoms with Gasteiger partial charge in [0, 0.05) is 19.4 Å². The molecule has 3 aliphatic heterocycles. The van der Waals surface area contributed by atoms with E-state index in [9.17, 15) is 28.0 Å². The van der Waals surface area contributed by atoms with Crippen LogP contribution in [0.1, 0.15) is 24.8 Å². The molecular weight excluding hydrogens is 590 g/mol. The van der Waals surface area contributed by atoms with Gasteiger partial charge in [-0.05, 0) is 28.5 Å². The van der Waals surface area contributed by atoms with E-state index in [0.717, 1.165) is 21.3 Å². The van der Waals surface area contributed by atoms with Crippen molar-refractivity contribution in [2.24, 2.45) is 5.92 Å². The predicted octanol–water partition coefficient (Wildman–Crippen LogP) is 1.45. The number of carbonyl (C=O) groups excluding carboxylic acids is 3. The number of esters is 1. The molecule has 44 heavy (non-hydrogen) atoms. The maximum absolute atomic E-state index is 14.5. The summed E-state index contributed by atoms with van der Waals surface area (Å²) >= 11 is 0. The number of benzene rings is 3. The molecule has 0 spiro atoms. The van der Waals surface area contributed by atoms with Crippen LogP contribution < -0.4 is 15.4 Å². The zero-order valence-electron chi connectivity index (χ0n) is 23.8. The van der Waals surface area contributed by atoms with Gasteiger partial charge in [0.05, 0.1) is 17.9 Å². The molecule has 3 heterocycles. The molecule has 4 unspecified atom stereocenters. The van der Waals surface area contributed by atoms with E-state index < -0.39 is 63.5 Å². The lowest BCUT2D eigenvalue weighted by atomic mass is 10.1. The fourth-order valence-corrected chi connectivity index (χ4v) is 7.17. The molecule has 14 heteroatoms. The monoisotopic (exact) mass is 623 g/mol. The number of rotatable bonds is 8. The average molecular weight is 624 g/mol. The molecule has 2 amide bonds. The smallest absolute Gasteiger partial charge is 0.310 e. The summed E-state index contributed by atoms with van der Waals surface area (Å²) in [5.74, 6) is -2.48. The van der Waals surface area contributed by atoms with Crippen molar-refractivity contribution < 1.29 is 37.0 Å². The molecule has 0 bridgehead atoms. The highest BCUT2D eigenvalue weighted by Gasteiger charge is 2.49. The molecule has 3 N–H and O–H groups in total. The maximum Gasteiger partial charge on any atom is 0.310 e. The van der Waals surface area contributed by atoms with Gasteiger partial charge in [-0.3, -0.25) is 19.7 Å². The van der Waals surface area contributed by atoms with Gasteiger partial charge < -0.3 is 20.0 Å². The first-order chi connectivity index (χ1) is 21.1. The first kappa shape index (κ1) is 30.1. The van der Waals surface area contributed by atoms with Crippen LogP contribution in [0.4, 0.5) is 0 Å². The number of amides is 2. The zero-order valence-corrected chi connectivity index (χ0v) is 24.6. The molecule has 5 atom stereocenters. The van der Waals surface area contributed by atoms with E-state index in [4.69, 9.17) is 9.47 Å². The number of nitrogens with one attached hydrogen (secondary N) is 3. The van der Waals surface area contributed by atoms with Gasteiger partial charge in [0.15, 0.2) is 6.17 Å². The van der Waals surface area contributed by atoms with Crippen LogP contribution >= 0.6 is 0 Å². The number of carbonyl (C=O) groups is 3. The molecule has 3 saturated heterocycles. The number of cyclic esters (lactones) is 1. The quantitative estimate of drug-likeness (QED) is 0.191. The third-order valence-electron chi connectivity index (χ3n) is 8.19. The standard InChI is InChI=1S/C30H33N5O8S/c36-27-13-12-26(33-44(40,41)24-11-10-21-8-4-5-9-22(21)14-24)35(39)17-23(16-31-19-34(27)35)29(38)32-25-15-28(37)43-30(25)42-18-20-6-2-1-3-7-20/h1-11,14,23,25-26,30-31,33H,12-13,15-19H2,(H,32,38)/t23-,25?,26?,30?,35?/m0/s1. The molecule has 13 nitrogen and oxygen atoms in total. The summed E-state index contributed by atoms with van der Waals surface area (Å²) in [4.78, 5) is 38.5. The molecule has 0 radical (unpaired) electrons. The number of sulfonamides is 1. The Bertz CT molecular complexity index is 1670. The van der Waals surface area contributed by atoms with Gasteiger partial charge in [0.1, 0.15) is 25.2 Å². The van der Waals surface area contributed by atoms with Crippen LogP contribution in [-0.4, -0.2) is 74.2 Å². The van der Waals surface area contributed by atoms with Gasteiger partial charge in [-0.1, -0.05) is 60.7 Å². The van der Waals surface area contributed by atoms with E-state index in [1.807, 2.05) is 42.5 Å². The Morgan fingerprint density at radius 1 is 1.07 bits per heavy atom. The van der Waals surface area contributed by atoms with Crippen LogP contribution in [0.15, 0.2) is 77.7 Å². The lowest BCUT2D eigenvalue weighted by Crippen LogP contribution is -2.72. The number of quaternary nitrogens is 1. The van der Waals surface area contributed by atoms with Crippen LogP contribution in [0.25, 0.3) is 10.8 Å². The topological polar surface area (TPSA) is 166 Å². The van der Waals surface area contributed by atoms with Crippen molar-refractivity contribution in [3.8, 4) is 0 Å². The molecule has 0 aliphatic carbocycles. The maximum atomic E-state index is 14.5. The fraction of sp³-hybridized carbons (Fsp3) is 0.367. The lowest BCUT2D eigenvalue weighted by molar-refractivity contribution is -1.01. The average Bonchev–Trinajstić information content (AvgIpc) is 3.25. The largest absolute Gasteiger partial charge is 0.605 e. The number of hydrogen-bond acceptors (Lipinski definition) is 9. The van der Waals surface area contributed by atoms with Crippen molar-refractivity contribution in [3.63, 3.8) is 0 Å². The second kappa shape index (κ2) is 12.2. The van der Waals surface area contributed by atoms with E-state index in [1.165, 1.54) is 12.1 Å². The van der Waals surface area contributed by atoms with E-state index in [0.29, 0.717) is 0 Å². The van der Waals surface area contributed by atoms with Crippen LogP contribution in [-0.2, 0) is 40.5 Å². The normalized spacial score (nSPS) is 27.4. The van der Waals surface area contributed by atoms with Crippen molar-refractivity contribution in [3.05, 3.63) is 83.6 Å². The minimum Gasteiger partial charge on any atom is -0.605 e. The number of ether oxygens (including phenoxy) is 2. The molecule has 0 saturated carbocycles. The number of hydrogen-bond donors (Lipinski definition) is 3. The summed E-state index contributed by atoms with van der Waals surface area (Å²) in [6.07, 6.45) is -2.46. The highest BCUT2D eigenvalue weighted by Crippen LogP contribution is 2.31. The SMILES string of the molecule is O=C1CC(NC(=O)[C@H]2CNCN3C(=O)CCC(NS(=O)(=O)c4ccc5ccccc5c4)[N+]3([O-])C2)C(OCc2ccccc2)O1. The summed E-state index contributed by atoms with van der Waals surface area (Å²) in [6, 6.07) is 20.5. The number of nitrogens with zero attached hydrogens (tertiary/aromatic N) is 2. The van der Waals surface area contributed by atoms with Gasteiger partial charge in [-0.2, -0.15) is 9.73 Å². The third-order valence-corrected chi connectivity index (χ3v) is 9.65. The molecule has 6 rings (SSSR count). The summed E-state index contributed by atoms with van der Waals surface area (Å²) in [7, 11) is -4.16. The Labute approximate surface area is 254 Å². The van der Waals surface area contributed by atoms with Crippen LogP contribution in [0.3, 0.4) is 0 Å². The zero-order chi connectivity index (χ0) is 30.9. The predicted molar refractivity (Wildman–Crippen MR) is 157 cm³/mol. The van der Waals surface area contributed by atoms with E-state index >= 15 is 0 Å². The van der Waals surface area contributed by atoms with Gasteiger partial charge in [-0.15, -0.1) is 0 Å². The first-order valence-corrected chi connectivity index (χ1v) is 15.9. The first-order valence-electron chi connectivity index (χ1n) is 14.4. The molecule has 3 aromatic carbocycles. The minimum atomic E-state index is -4.16. The van der Waals surface area contributed by atoms with E-state index in [2.05, 4.69) is 15.4 Å². The number of fused-ring (bicyclic) bond motifs is 2. The highest BCUT2D eigenvalue weighted by molar-refractivity contribution is 7.89. The summed E-state index contributed by atoms with van der Waals surface area (Å²) in [5, 5.41) is 22.9. The van der Waals surface area contributed by atoms with Crippen LogP contribution in [0.2, 0.25) is 0 Å². The second-order valence-electron chi connectivity index (χ2n) is 11.2. The van der Waals surface area contributed by atoms with Crippen LogP contribution in [0, 0.1) is 11.1 Å². The van der Waals surface area contributed by atoms with Gasteiger partial charge in [0.2, 0.25) is 22.2 Å². The van der Waals surface area contributed by atoms with Crippen LogP contribution in [0.5, 0.6) is 0 Å². The van der Waals surface area contributed by atoms with Gasteiger partial charge in [0.25, 0.3) is 5.91 Å². The van der Waals surface area contributed by atoms with Crippen molar-refractivity contribution in [1.29, 1.82) is 0 Å².